The van der Waals surface area contributed by atoms with Gasteiger partial charge in [-0.15, -0.1) is 0 Å². The molecule has 0 radical (unpaired) electrons. The normalized spacial score (nSPS) is 13.8. The van der Waals surface area contributed by atoms with E-state index in [1.807, 2.05) is 0 Å². The molecule has 0 unspecified atom stereocenters. The van der Waals surface area contributed by atoms with E-state index in [0.717, 1.165) is 18.2 Å². The molecule has 1 aromatic carbocycles. The van der Waals surface area contributed by atoms with Gasteiger partial charge in [-0.25, -0.2) is 4.79 Å². The van der Waals surface area contributed by atoms with Crippen LogP contribution in [0.25, 0.3) is 0 Å². The molecule has 0 heterocycles. The minimum absolute atomic E-state index is 0.0487. The lowest BCUT2D eigenvalue weighted by molar-refractivity contribution is -0.206. The third-order valence-electron chi connectivity index (χ3n) is 3.64. The zero-order valence-electron chi connectivity index (χ0n) is 13.7. The Morgan fingerprint density at radius 1 is 1.12 bits per heavy atom. The molecule has 0 aromatic heterocycles. The van der Waals surface area contributed by atoms with Crippen molar-refractivity contribution < 1.29 is 35.9 Å². The Kier molecular flexibility index (Phi) is 7.28. The van der Waals surface area contributed by atoms with E-state index in [9.17, 15) is 31.1 Å². The van der Waals surface area contributed by atoms with Crippen LogP contribution in [0.2, 0.25) is 0 Å². The van der Waals surface area contributed by atoms with E-state index in [1.54, 1.807) is 18.7 Å². The van der Waals surface area contributed by atoms with Crippen LogP contribution in [-0.4, -0.2) is 42.8 Å². The van der Waals surface area contributed by atoms with Crippen molar-refractivity contribution in [2.75, 3.05) is 19.6 Å². The summed E-state index contributed by atoms with van der Waals surface area (Å²) in [6, 6.07) is 3.12. The van der Waals surface area contributed by atoms with Crippen molar-refractivity contribution in [3.05, 3.63) is 35.4 Å². The van der Waals surface area contributed by atoms with Crippen LogP contribution in [0.5, 0.6) is 0 Å². The second-order valence-corrected chi connectivity index (χ2v) is 5.33. The lowest BCUT2D eigenvalue weighted by atomic mass is 10.1. The van der Waals surface area contributed by atoms with Crippen molar-refractivity contribution in [2.24, 2.45) is 0 Å². The van der Waals surface area contributed by atoms with E-state index >= 15 is 0 Å². The first-order valence-electron chi connectivity index (χ1n) is 7.66. The minimum Gasteiger partial charge on any atom is -0.449 e. The standard InChI is InChI=1S/C16H19F6NO2/c1-3-23(4-2)9-8-13(16(20,21)22)25-14(24)11-6-5-7-12(10-11)15(17,18)19/h5-7,10,13H,3-4,8-9H2,1-2H3/t13-/m0/s1. The van der Waals surface area contributed by atoms with Gasteiger partial charge in [-0.3, -0.25) is 0 Å². The molecule has 1 atom stereocenters. The Morgan fingerprint density at radius 3 is 2.20 bits per heavy atom. The van der Waals surface area contributed by atoms with Gasteiger partial charge in [-0.05, 0) is 31.3 Å². The molecular weight excluding hydrogens is 352 g/mol. The molecule has 0 amide bonds. The van der Waals surface area contributed by atoms with Crippen molar-refractivity contribution in [3.8, 4) is 0 Å². The van der Waals surface area contributed by atoms with E-state index in [-0.39, 0.29) is 6.54 Å². The highest BCUT2D eigenvalue weighted by molar-refractivity contribution is 5.89. The van der Waals surface area contributed by atoms with E-state index in [0.29, 0.717) is 19.2 Å². The summed E-state index contributed by atoms with van der Waals surface area (Å²) < 4.78 is 81.5. The summed E-state index contributed by atoms with van der Waals surface area (Å²) in [6.07, 6.45) is -12.4. The number of carbonyl (C=O) groups excluding carboxylic acids is 1. The molecule has 0 bridgehead atoms. The van der Waals surface area contributed by atoms with Crippen LogP contribution in [0.4, 0.5) is 26.3 Å². The van der Waals surface area contributed by atoms with Gasteiger partial charge in [0, 0.05) is 13.0 Å². The van der Waals surface area contributed by atoms with Crippen molar-refractivity contribution in [1.82, 2.24) is 4.90 Å². The fraction of sp³-hybridized carbons (Fsp3) is 0.562. The summed E-state index contributed by atoms with van der Waals surface area (Å²) in [5, 5.41) is 0. The van der Waals surface area contributed by atoms with Crippen LogP contribution < -0.4 is 0 Å². The van der Waals surface area contributed by atoms with Gasteiger partial charge in [-0.1, -0.05) is 19.9 Å². The number of benzene rings is 1. The second kappa shape index (κ2) is 8.55. The number of esters is 1. The molecule has 0 aliphatic carbocycles. The number of halogens is 6. The Morgan fingerprint density at radius 2 is 1.72 bits per heavy atom. The Bertz CT molecular complexity index is 566. The minimum atomic E-state index is -4.80. The topological polar surface area (TPSA) is 29.5 Å². The highest BCUT2D eigenvalue weighted by Gasteiger charge is 2.43. The monoisotopic (exact) mass is 371 g/mol. The van der Waals surface area contributed by atoms with Gasteiger partial charge in [-0.2, -0.15) is 26.3 Å². The zero-order chi connectivity index (χ0) is 19.3. The molecule has 142 valence electrons. The molecule has 0 spiro atoms. The van der Waals surface area contributed by atoms with Crippen LogP contribution in [0.1, 0.15) is 36.2 Å². The number of hydrogen-bond donors (Lipinski definition) is 0. The molecule has 0 N–H and O–H groups in total. The number of ether oxygens (including phenoxy) is 1. The van der Waals surface area contributed by atoms with Gasteiger partial charge in [0.2, 0.25) is 0 Å². The van der Waals surface area contributed by atoms with E-state index < -0.39 is 42.0 Å². The lowest BCUT2D eigenvalue weighted by Gasteiger charge is -2.24. The summed E-state index contributed by atoms with van der Waals surface area (Å²) in [7, 11) is 0. The van der Waals surface area contributed by atoms with Gasteiger partial charge >= 0.3 is 18.3 Å². The Hall–Kier alpha value is -1.77. The number of nitrogens with zero attached hydrogens (tertiary/aromatic N) is 1. The molecule has 0 aliphatic heterocycles. The summed E-state index contributed by atoms with van der Waals surface area (Å²) >= 11 is 0. The lowest BCUT2D eigenvalue weighted by Crippen LogP contribution is -2.37. The summed E-state index contributed by atoms with van der Waals surface area (Å²) in [5.41, 5.74) is -1.71. The zero-order valence-corrected chi connectivity index (χ0v) is 13.7. The van der Waals surface area contributed by atoms with E-state index in [4.69, 9.17) is 0 Å². The average Bonchev–Trinajstić information content (AvgIpc) is 2.52. The van der Waals surface area contributed by atoms with Crippen molar-refractivity contribution in [3.63, 3.8) is 0 Å². The predicted molar refractivity (Wildman–Crippen MR) is 79.1 cm³/mol. The average molecular weight is 371 g/mol. The highest BCUT2D eigenvalue weighted by Crippen LogP contribution is 2.30. The molecule has 0 saturated carbocycles. The molecule has 0 fully saturated rings. The molecule has 9 heteroatoms. The Balaban J connectivity index is 2.88. The largest absolute Gasteiger partial charge is 0.449 e. The maximum atomic E-state index is 13.0. The molecule has 3 nitrogen and oxygen atoms in total. The summed E-state index contributed by atoms with van der Waals surface area (Å²) in [4.78, 5) is 13.6. The van der Waals surface area contributed by atoms with Crippen molar-refractivity contribution >= 4 is 5.97 Å². The van der Waals surface area contributed by atoms with Crippen LogP contribution in [0.15, 0.2) is 24.3 Å². The number of carbonyl (C=O) groups is 1. The van der Waals surface area contributed by atoms with Crippen LogP contribution in [0, 0.1) is 0 Å². The third-order valence-corrected chi connectivity index (χ3v) is 3.64. The maximum Gasteiger partial charge on any atom is 0.425 e. The van der Waals surface area contributed by atoms with E-state index in [1.165, 1.54) is 0 Å². The number of alkyl halides is 6. The first-order valence-corrected chi connectivity index (χ1v) is 7.66. The van der Waals surface area contributed by atoms with Gasteiger partial charge < -0.3 is 9.64 Å². The molecular formula is C16H19F6NO2. The smallest absolute Gasteiger partial charge is 0.425 e. The fourth-order valence-electron chi connectivity index (χ4n) is 2.15. The molecule has 0 aliphatic rings. The second-order valence-electron chi connectivity index (χ2n) is 5.33. The Labute approximate surface area is 141 Å². The quantitative estimate of drug-likeness (QED) is 0.521. The SMILES string of the molecule is CCN(CC)CC[C@H](OC(=O)c1cccc(C(F)(F)F)c1)C(F)(F)F. The fourth-order valence-corrected chi connectivity index (χ4v) is 2.15. The van der Waals surface area contributed by atoms with Crippen LogP contribution >= 0.6 is 0 Å². The van der Waals surface area contributed by atoms with Crippen molar-refractivity contribution in [1.29, 1.82) is 0 Å². The first kappa shape index (κ1) is 21.3. The number of rotatable bonds is 7. The maximum absolute atomic E-state index is 13.0. The summed E-state index contributed by atoms with van der Waals surface area (Å²) in [6.45, 7) is 4.67. The van der Waals surface area contributed by atoms with Gasteiger partial charge in [0.1, 0.15) is 0 Å². The van der Waals surface area contributed by atoms with Crippen molar-refractivity contribution in [2.45, 2.75) is 38.7 Å². The summed E-state index contributed by atoms with van der Waals surface area (Å²) in [5.74, 6) is -1.44. The highest BCUT2D eigenvalue weighted by atomic mass is 19.4. The van der Waals surface area contributed by atoms with Crippen LogP contribution in [0.3, 0.4) is 0 Å². The first-order chi connectivity index (χ1) is 11.5. The predicted octanol–water partition coefficient (Wildman–Crippen LogP) is 4.53. The van der Waals surface area contributed by atoms with Gasteiger partial charge in [0.05, 0.1) is 11.1 Å². The molecule has 1 rings (SSSR count). The molecule has 25 heavy (non-hydrogen) atoms. The van der Waals surface area contributed by atoms with Gasteiger partial charge in [0.25, 0.3) is 0 Å². The third kappa shape index (κ3) is 6.56. The molecule has 1 aromatic rings. The van der Waals surface area contributed by atoms with Gasteiger partial charge in [0.15, 0.2) is 6.10 Å². The van der Waals surface area contributed by atoms with Crippen LogP contribution in [-0.2, 0) is 10.9 Å². The number of hydrogen-bond acceptors (Lipinski definition) is 3. The molecule has 0 saturated heterocycles. The van der Waals surface area contributed by atoms with E-state index in [2.05, 4.69) is 4.74 Å².